The van der Waals surface area contributed by atoms with E-state index in [-0.39, 0.29) is 35.0 Å². The second-order valence-corrected chi connectivity index (χ2v) is 8.34. The molecule has 31 heavy (non-hydrogen) atoms. The molecular weight excluding hydrogens is 457 g/mol. The summed E-state index contributed by atoms with van der Waals surface area (Å²) >= 11 is 5.95. The molecule has 0 atom stereocenters. The molecule has 0 unspecified atom stereocenters. The summed E-state index contributed by atoms with van der Waals surface area (Å²) < 4.78 is 67.9. The fraction of sp³-hybridized carbons (Fsp3) is 0.250. The van der Waals surface area contributed by atoms with Crippen molar-refractivity contribution in [3.05, 3.63) is 70.8 Å². The fourth-order valence-corrected chi connectivity index (χ4v) is 3.20. The van der Waals surface area contributed by atoms with Crippen molar-refractivity contribution >= 4 is 38.8 Å². The van der Waals surface area contributed by atoms with Crippen molar-refractivity contribution in [2.75, 3.05) is 11.8 Å². The maximum Gasteiger partial charge on any atom is 0.516 e. The van der Waals surface area contributed by atoms with Gasteiger partial charge in [-0.3, -0.25) is 4.72 Å². The smallest absolute Gasteiger partial charge is 0.497 e. The highest BCUT2D eigenvalue weighted by Gasteiger charge is 2.46. The van der Waals surface area contributed by atoms with Crippen LogP contribution in [-0.4, -0.2) is 26.7 Å². The van der Waals surface area contributed by atoms with Crippen LogP contribution in [0.3, 0.4) is 0 Å². The number of rotatable bonds is 9. The summed E-state index contributed by atoms with van der Waals surface area (Å²) in [5.41, 5.74) is -3.92. The number of halogens is 4. The lowest BCUT2D eigenvalue weighted by Crippen LogP contribution is -2.30. The van der Waals surface area contributed by atoms with Crippen LogP contribution in [0, 0.1) is 0 Å². The molecule has 11 heteroatoms. The summed E-state index contributed by atoms with van der Waals surface area (Å²) in [5.74, 6) is 0.508. The number of alkyl halides is 3. The molecule has 0 bridgehead atoms. The summed E-state index contributed by atoms with van der Waals surface area (Å²) in [6, 6.07) is 10.8. The van der Waals surface area contributed by atoms with Crippen LogP contribution in [0.25, 0.3) is 5.76 Å². The van der Waals surface area contributed by atoms with Gasteiger partial charge in [-0.25, -0.2) is 0 Å². The first-order valence-electron chi connectivity index (χ1n) is 8.88. The van der Waals surface area contributed by atoms with Crippen LogP contribution < -0.4 is 4.72 Å². The van der Waals surface area contributed by atoms with Gasteiger partial charge < -0.3 is 9.57 Å². The zero-order valence-corrected chi connectivity index (χ0v) is 18.2. The predicted octanol–water partition coefficient (Wildman–Crippen LogP) is 5.55. The first-order chi connectivity index (χ1) is 14.5. The van der Waals surface area contributed by atoms with Gasteiger partial charge in [0, 0.05) is 16.1 Å². The average molecular weight is 477 g/mol. The van der Waals surface area contributed by atoms with E-state index >= 15 is 0 Å². The van der Waals surface area contributed by atoms with E-state index in [1.165, 1.54) is 24.0 Å². The Morgan fingerprint density at radius 3 is 2.39 bits per heavy atom. The lowest BCUT2D eigenvalue weighted by atomic mass is 10.1. The van der Waals surface area contributed by atoms with E-state index < -0.39 is 15.5 Å². The molecule has 0 aliphatic heterocycles. The Morgan fingerprint density at radius 2 is 1.84 bits per heavy atom. The van der Waals surface area contributed by atoms with E-state index in [0.29, 0.717) is 5.76 Å². The Bertz CT molecular complexity index is 1070. The number of hydrogen-bond donors (Lipinski definition) is 1. The van der Waals surface area contributed by atoms with Crippen molar-refractivity contribution in [3.8, 4) is 0 Å². The standard InChI is InChI=1S/C20H20ClF3N2O4S/c1-4-18(25-30-12-14-5-7-15(8-6-14)13(2)29-3)17-11-16(21)9-10-19(17)26-31(27,28)20(22,23)24/h5-11,26H,2,4,12H2,1,3H3/b25-18+. The highest BCUT2D eigenvalue weighted by atomic mass is 35.5. The van der Waals surface area contributed by atoms with E-state index in [4.69, 9.17) is 21.2 Å². The van der Waals surface area contributed by atoms with Crippen LogP contribution in [0.5, 0.6) is 0 Å². The van der Waals surface area contributed by atoms with Gasteiger partial charge in [0.1, 0.15) is 12.4 Å². The molecule has 1 N–H and O–H groups in total. The summed E-state index contributed by atoms with van der Waals surface area (Å²) in [6.45, 7) is 5.52. The number of oxime groups is 1. The number of sulfonamides is 1. The van der Waals surface area contributed by atoms with Gasteiger partial charge >= 0.3 is 15.5 Å². The van der Waals surface area contributed by atoms with Crippen molar-refractivity contribution in [2.45, 2.75) is 25.5 Å². The maximum atomic E-state index is 12.8. The molecule has 2 rings (SSSR count). The average Bonchev–Trinajstić information content (AvgIpc) is 2.71. The minimum absolute atomic E-state index is 0.0768. The topological polar surface area (TPSA) is 77.0 Å². The van der Waals surface area contributed by atoms with E-state index in [0.717, 1.165) is 17.2 Å². The van der Waals surface area contributed by atoms with Gasteiger partial charge in [-0.05, 0) is 30.2 Å². The van der Waals surface area contributed by atoms with Crippen molar-refractivity contribution in [1.82, 2.24) is 0 Å². The van der Waals surface area contributed by atoms with Crippen LogP contribution in [0.2, 0.25) is 5.02 Å². The van der Waals surface area contributed by atoms with Gasteiger partial charge in [-0.1, -0.05) is 54.5 Å². The third-order valence-corrected chi connectivity index (χ3v) is 5.44. The lowest BCUT2D eigenvalue weighted by Gasteiger charge is -2.15. The van der Waals surface area contributed by atoms with Crippen LogP contribution in [0.1, 0.15) is 30.0 Å². The highest BCUT2D eigenvalue weighted by molar-refractivity contribution is 7.93. The van der Waals surface area contributed by atoms with Crippen molar-refractivity contribution < 1.29 is 31.2 Å². The molecule has 0 radical (unpaired) electrons. The molecule has 0 amide bonds. The largest absolute Gasteiger partial charge is 0.516 e. The Morgan fingerprint density at radius 1 is 1.19 bits per heavy atom. The normalized spacial score (nSPS) is 12.4. The Labute approximate surface area is 183 Å². The van der Waals surface area contributed by atoms with E-state index in [2.05, 4.69) is 11.7 Å². The van der Waals surface area contributed by atoms with Crippen LogP contribution in [0.15, 0.2) is 54.2 Å². The third kappa shape index (κ3) is 6.38. The van der Waals surface area contributed by atoms with Gasteiger partial charge in [-0.15, -0.1) is 0 Å². The Kier molecular flexibility index (Phi) is 7.96. The van der Waals surface area contributed by atoms with Gasteiger partial charge in [0.2, 0.25) is 0 Å². The quantitative estimate of drug-likeness (QED) is 0.292. The monoisotopic (exact) mass is 476 g/mol. The summed E-state index contributed by atoms with van der Waals surface area (Å²) in [6.07, 6.45) is 0.244. The molecule has 0 fully saturated rings. The molecule has 0 saturated carbocycles. The number of methoxy groups -OCH3 is 1. The van der Waals surface area contributed by atoms with Crippen LogP contribution in [-0.2, 0) is 26.2 Å². The predicted molar refractivity (Wildman–Crippen MR) is 114 cm³/mol. The number of ether oxygens (including phenoxy) is 1. The lowest BCUT2D eigenvalue weighted by molar-refractivity contribution is -0.0429. The molecule has 0 aliphatic rings. The fourth-order valence-electron chi connectivity index (χ4n) is 2.44. The SMILES string of the molecule is C=C(OC)c1ccc(CO/N=C(\CC)c2cc(Cl)ccc2NS(=O)(=O)C(F)(F)F)cc1. The summed E-state index contributed by atoms with van der Waals surface area (Å²) in [7, 11) is -4.10. The number of benzene rings is 2. The van der Waals surface area contributed by atoms with Crippen molar-refractivity contribution in [3.63, 3.8) is 0 Å². The Hall–Kier alpha value is -2.72. The van der Waals surface area contributed by atoms with Gasteiger partial charge in [0.15, 0.2) is 0 Å². The number of nitrogens with zero attached hydrogens (tertiary/aromatic N) is 1. The number of nitrogens with one attached hydrogen (secondary N) is 1. The van der Waals surface area contributed by atoms with Gasteiger partial charge in [-0.2, -0.15) is 21.6 Å². The van der Waals surface area contributed by atoms with Crippen LogP contribution in [0.4, 0.5) is 18.9 Å². The highest BCUT2D eigenvalue weighted by Crippen LogP contribution is 2.29. The molecule has 6 nitrogen and oxygen atoms in total. The first kappa shape index (κ1) is 24.5. The minimum atomic E-state index is -5.61. The summed E-state index contributed by atoms with van der Waals surface area (Å²) in [4.78, 5) is 5.34. The Balaban J connectivity index is 2.24. The first-order valence-corrected chi connectivity index (χ1v) is 10.7. The maximum absolute atomic E-state index is 12.8. The van der Waals surface area contributed by atoms with Crippen molar-refractivity contribution in [1.29, 1.82) is 0 Å². The molecule has 0 aliphatic carbocycles. The van der Waals surface area contributed by atoms with Gasteiger partial charge in [0.05, 0.1) is 18.5 Å². The molecule has 2 aromatic rings. The molecule has 0 aromatic heterocycles. The van der Waals surface area contributed by atoms with Crippen LogP contribution >= 0.6 is 11.6 Å². The zero-order chi connectivity index (χ0) is 23.2. The molecule has 2 aromatic carbocycles. The van der Waals surface area contributed by atoms with Crippen molar-refractivity contribution in [2.24, 2.45) is 5.16 Å². The second kappa shape index (κ2) is 10.1. The molecule has 168 valence electrons. The number of anilines is 1. The molecule has 0 heterocycles. The molecular formula is C20H20ClF3N2O4S. The molecule has 0 spiro atoms. The number of hydrogen-bond acceptors (Lipinski definition) is 5. The van der Waals surface area contributed by atoms with E-state index in [1.807, 2.05) is 0 Å². The minimum Gasteiger partial charge on any atom is -0.497 e. The third-order valence-electron chi connectivity index (χ3n) is 4.10. The summed E-state index contributed by atoms with van der Waals surface area (Å²) in [5, 5.41) is 4.17. The van der Waals surface area contributed by atoms with E-state index in [9.17, 15) is 21.6 Å². The second-order valence-electron chi connectivity index (χ2n) is 6.23. The van der Waals surface area contributed by atoms with Gasteiger partial charge in [0.25, 0.3) is 0 Å². The van der Waals surface area contributed by atoms with E-state index in [1.54, 1.807) is 31.2 Å². The molecule has 0 saturated heterocycles. The zero-order valence-electron chi connectivity index (χ0n) is 16.7.